The summed E-state index contributed by atoms with van der Waals surface area (Å²) in [7, 11) is 4.04. The molecule has 1 unspecified atom stereocenters. The second-order valence-corrected chi connectivity index (χ2v) is 5.47. The Bertz CT molecular complexity index is 335. The second kappa shape index (κ2) is 5.55. The third-order valence-electron chi connectivity index (χ3n) is 2.75. The summed E-state index contributed by atoms with van der Waals surface area (Å²) in [5, 5.41) is 3.56. The highest BCUT2D eigenvalue weighted by Gasteiger charge is 2.14. The van der Waals surface area contributed by atoms with Crippen molar-refractivity contribution in [1.82, 2.24) is 10.3 Å². The maximum Gasteiger partial charge on any atom is 0.128 e. The first-order valence-electron chi connectivity index (χ1n) is 5.70. The van der Waals surface area contributed by atoms with Gasteiger partial charge in [-0.2, -0.15) is 11.8 Å². The largest absolute Gasteiger partial charge is 0.363 e. The Morgan fingerprint density at radius 3 is 3.06 bits per heavy atom. The fourth-order valence-corrected chi connectivity index (χ4v) is 2.95. The second-order valence-electron chi connectivity index (χ2n) is 4.32. The summed E-state index contributed by atoms with van der Waals surface area (Å²) in [4.78, 5) is 6.63. The minimum Gasteiger partial charge on any atom is -0.363 e. The van der Waals surface area contributed by atoms with Crippen LogP contribution < -0.4 is 10.2 Å². The fourth-order valence-electron chi connectivity index (χ4n) is 1.76. The Balaban J connectivity index is 1.90. The van der Waals surface area contributed by atoms with Gasteiger partial charge < -0.3 is 10.2 Å². The molecule has 0 bridgehead atoms. The third-order valence-corrected chi connectivity index (χ3v) is 3.91. The average Bonchev–Trinajstić information content (AvgIpc) is 2.79. The van der Waals surface area contributed by atoms with Gasteiger partial charge in [0.1, 0.15) is 5.82 Å². The van der Waals surface area contributed by atoms with Crippen molar-refractivity contribution in [1.29, 1.82) is 0 Å². The van der Waals surface area contributed by atoms with Crippen LogP contribution in [0.1, 0.15) is 12.1 Å². The number of thioether (sulfide) groups is 1. The molecule has 1 atom stereocenters. The zero-order valence-corrected chi connectivity index (χ0v) is 10.8. The van der Waals surface area contributed by atoms with Gasteiger partial charge in [-0.25, -0.2) is 4.98 Å². The zero-order valence-electron chi connectivity index (χ0n) is 9.94. The van der Waals surface area contributed by atoms with Crippen molar-refractivity contribution in [2.75, 3.05) is 30.5 Å². The first-order valence-corrected chi connectivity index (χ1v) is 6.85. The van der Waals surface area contributed by atoms with E-state index in [9.17, 15) is 0 Å². The summed E-state index contributed by atoms with van der Waals surface area (Å²) in [6, 6.07) is 6.87. The molecule has 1 aromatic rings. The molecular formula is C12H19N3S. The number of rotatable bonds is 4. The molecule has 16 heavy (non-hydrogen) atoms. The predicted molar refractivity (Wildman–Crippen MR) is 71.1 cm³/mol. The lowest BCUT2D eigenvalue weighted by molar-refractivity contribution is 0.552. The lowest BCUT2D eigenvalue weighted by Crippen LogP contribution is -2.28. The van der Waals surface area contributed by atoms with Crippen molar-refractivity contribution < 1.29 is 0 Å². The molecule has 0 saturated carbocycles. The van der Waals surface area contributed by atoms with Crippen molar-refractivity contribution in [3.8, 4) is 0 Å². The summed E-state index contributed by atoms with van der Waals surface area (Å²) < 4.78 is 0. The molecule has 0 aliphatic carbocycles. The van der Waals surface area contributed by atoms with Crippen LogP contribution in [0.5, 0.6) is 0 Å². The number of aromatic nitrogens is 1. The van der Waals surface area contributed by atoms with Gasteiger partial charge in [-0.05, 0) is 24.3 Å². The first kappa shape index (κ1) is 11.7. The van der Waals surface area contributed by atoms with Crippen LogP contribution in [0.2, 0.25) is 0 Å². The summed E-state index contributed by atoms with van der Waals surface area (Å²) in [5.41, 5.74) is 1.13. The van der Waals surface area contributed by atoms with Crippen molar-refractivity contribution in [2.24, 2.45) is 0 Å². The first-order chi connectivity index (χ1) is 7.75. The minimum absolute atomic E-state index is 0.676. The van der Waals surface area contributed by atoms with Gasteiger partial charge in [0, 0.05) is 32.4 Å². The highest BCUT2D eigenvalue weighted by atomic mass is 32.2. The van der Waals surface area contributed by atoms with Crippen LogP contribution in [0.4, 0.5) is 5.82 Å². The third kappa shape index (κ3) is 3.12. The lowest BCUT2D eigenvalue weighted by Gasteiger charge is -2.14. The molecule has 1 aliphatic heterocycles. The number of nitrogens with one attached hydrogen (secondary N) is 1. The van der Waals surface area contributed by atoms with E-state index in [2.05, 4.69) is 22.4 Å². The van der Waals surface area contributed by atoms with Crippen LogP contribution in [0.3, 0.4) is 0 Å². The van der Waals surface area contributed by atoms with Gasteiger partial charge in [-0.3, -0.25) is 0 Å². The van der Waals surface area contributed by atoms with E-state index in [4.69, 9.17) is 0 Å². The van der Waals surface area contributed by atoms with Crippen molar-refractivity contribution in [3.05, 3.63) is 23.9 Å². The molecule has 0 aromatic carbocycles. The maximum atomic E-state index is 4.59. The molecule has 2 heterocycles. The molecular weight excluding hydrogens is 218 g/mol. The van der Waals surface area contributed by atoms with E-state index >= 15 is 0 Å². The molecule has 0 radical (unpaired) electrons. The molecule has 1 fully saturated rings. The molecule has 4 heteroatoms. The van der Waals surface area contributed by atoms with Crippen LogP contribution in [0.25, 0.3) is 0 Å². The van der Waals surface area contributed by atoms with Gasteiger partial charge in [0.05, 0.1) is 5.69 Å². The minimum atomic E-state index is 0.676. The van der Waals surface area contributed by atoms with Crippen LogP contribution >= 0.6 is 11.8 Å². The molecule has 0 amide bonds. The molecule has 0 spiro atoms. The number of hydrogen-bond acceptors (Lipinski definition) is 4. The van der Waals surface area contributed by atoms with Crippen LogP contribution in [0.15, 0.2) is 18.2 Å². The molecule has 1 saturated heterocycles. The number of nitrogens with zero attached hydrogens (tertiary/aromatic N) is 2. The Kier molecular flexibility index (Phi) is 4.07. The van der Waals surface area contributed by atoms with E-state index in [0.717, 1.165) is 18.1 Å². The SMILES string of the molecule is CN(C)c1cccc(CNC2CCSC2)n1. The van der Waals surface area contributed by atoms with Crippen LogP contribution in [-0.4, -0.2) is 36.6 Å². The summed E-state index contributed by atoms with van der Waals surface area (Å²) in [5.74, 6) is 3.57. The van der Waals surface area contributed by atoms with E-state index in [1.807, 2.05) is 36.8 Å². The molecule has 1 aliphatic rings. The highest BCUT2D eigenvalue weighted by Crippen LogP contribution is 2.17. The normalized spacial score (nSPS) is 20.0. The Morgan fingerprint density at radius 1 is 1.50 bits per heavy atom. The maximum absolute atomic E-state index is 4.59. The van der Waals surface area contributed by atoms with Crippen molar-refractivity contribution in [3.63, 3.8) is 0 Å². The van der Waals surface area contributed by atoms with E-state index < -0.39 is 0 Å². The topological polar surface area (TPSA) is 28.2 Å². The van der Waals surface area contributed by atoms with E-state index in [0.29, 0.717) is 6.04 Å². The average molecular weight is 237 g/mol. The quantitative estimate of drug-likeness (QED) is 0.863. The zero-order chi connectivity index (χ0) is 11.4. The predicted octanol–water partition coefficient (Wildman–Crippen LogP) is 1.74. The van der Waals surface area contributed by atoms with E-state index in [1.54, 1.807) is 0 Å². The lowest BCUT2D eigenvalue weighted by atomic mass is 10.2. The summed E-state index contributed by atoms with van der Waals surface area (Å²) >= 11 is 2.03. The summed E-state index contributed by atoms with van der Waals surface area (Å²) in [6.07, 6.45) is 1.29. The molecule has 2 rings (SSSR count). The fraction of sp³-hybridized carbons (Fsp3) is 0.583. The van der Waals surface area contributed by atoms with Gasteiger partial charge in [-0.1, -0.05) is 6.07 Å². The summed E-state index contributed by atoms with van der Waals surface area (Å²) in [6.45, 7) is 0.882. The molecule has 1 N–H and O–H groups in total. The van der Waals surface area contributed by atoms with E-state index in [-0.39, 0.29) is 0 Å². The van der Waals surface area contributed by atoms with Gasteiger partial charge >= 0.3 is 0 Å². The number of anilines is 1. The monoisotopic (exact) mass is 237 g/mol. The van der Waals surface area contributed by atoms with Gasteiger partial charge in [-0.15, -0.1) is 0 Å². The number of hydrogen-bond donors (Lipinski definition) is 1. The van der Waals surface area contributed by atoms with Crippen molar-refractivity contribution in [2.45, 2.75) is 19.0 Å². The molecule has 3 nitrogen and oxygen atoms in total. The van der Waals surface area contributed by atoms with Gasteiger partial charge in [0.15, 0.2) is 0 Å². The van der Waals surface area contributed by atoms with E-state index in [1.165, 1.54) is 17.9 Å². The Hall–Kier alpha value is -0.740. The Labute approximate surface area is 102 Å². The highest BCUT2D eigenvalue weighted by molar-refractivity contribution is 7.99. The van der Waals surface area contributed by atoms with Gasteiger partial charge in [0.2, 0.25) is 0 Å². The van der Waals surface area contributed by atoms with Crippen LogP contribution in [0, 0.1) is 0 Å². The van der Waals surface area contributed by atoms with Crippen molar-refractivity contribution >= 4 is 17.6 Å². The Morgan fingerprint density at radius 2 is 2.38 bits per heavy atom. The van der Waals surface area contributed by atoms with Gasteiger partial charge in [0.25, 0.3) is 0 Å². The van der Waals surface area contributed by atoms with Crippen LogP contribution in [-0.2, 0) is 6.54 Å². The molecule has 88 valence electrons. The molecule has 1 aromatic heterocycles. The smallest absolute Gasteiger partial charge is 0.128 e. The number of pyridine rings is 1. The standard InChI is InChI=1S/C12H19N3S/c1-15(2)12-5-3-4-10(14-12)8-13-11-6-7-16-9-11/h3-5,11,13H,6-9H2,1-2H3.